The quantitative estimate of drug-likeness (QED) is 0.895. The van der Waals surface area contributed by atoms with Gasteiger partial charge in [0.1, 0.15) is 0 Å². The lowest BCUT2D eigenvalue weighted by Gasteiger charge is -2.11. The summed E-state index contributed by atoms with van der Waals surface area (Å²) in [6.45, 7) is 2.74. The van der Waals surface area contributed by atoms with Crippen molar-refractivity contribution in [3.05, 3.63) is 47.7 Å². The Labute approximate surface area is 113 Å². The minimum absolute atomic E-state index is 0.578. The smallest absolute Gasteiger partial charge is 0.219 e. The molecule has 0 atom stereocenters. The van der Waals surface area contributed by atoms with E-state index < -0.39 is 0 Å². The number of hydrogen-bond acceptors (Lipinski definition) is 4. The SMILES string of the molecule is CNCc1cc(C)nc(Oc2ccccc2OC)c1. The number of pyridine rings is 1. The van der Waals surface area contributed by atoms with E-state index in [1.54, 1.807) is 7.11 Å². The van der Waals surface area contributed by atoms with Crippen LogP contribution in [0.4, 0.5) is 0 Å². The summed E-state index contributed by atoms with van der Waals surface area (Å²) in [5, 5.41) is 3.12. The maximum atomic E-state index is 5.80. The molecular weight excluding hydrogens is 240 g/mol. The number of ether oxygens (including phenoxy) is 2. The zero-order valence-corrected chi connectivity index (χ0v) is 11.4. The van der Waals surface area contributed by atoms with E-state index in [0.717, 1.165) is 17.8 Å². The molecule has 0 fully saturated rings. The van der Waals surface area contributed by atoms with Crippen molar-refractivity contribution in [1.29, 1.82) is 0 Å². The van der Waals surface area contributed by atoms with Crippen LogP contribution in [-0.2, 0) is 6.54 Å². The average Bonchev–Trinajstić information content (AvgIpc) is 2.39. The Balaban J connectivity index is 2.27. The number of nitrogens with one attached hydrogen (secondary N) is 1. The number of benzene rings is 1. The number of para-hydroxylation sites is 2. The minimum Gasteiger partial charge on any atom is -0.493 e. The van der Waals surface area contributed by atoms with E-state index in [2.05, 4.69) is 10.3 Å². The third-order valence-corrected chi connectivity index (χ3v) is 2.65. The van der Waals surface area contributed by atoms with Gasteiger partial charge in [0.25, 0.3) is 0 Å². The minimum atomic E-state index is 0.578. The number of hydrogen-bond donors (Lipinski definition) is 1. The first kappa shape index (κ1) is 13.4. The third-order valence-electron chi connectivity index (χ3n) is 2.65. The number of nitrogens with zero attached hydrogens (tertiary/aromatic N) is 1. The highest BCUT2D eigenvalue weighted by atomic mass is 16.5. The van der Waals surface area contributed by atoms with E-state index in [1.165, 1.54) is 0 Å². The Morgan fingerprint density at radius 3 is 2.58 bits per heavy atom. The van der Waals surface area contributed by atoms with Gasteiger partial charge in [0.2, 0.25) is 5.88 Å². The van der Waals surface area contributed by atoms with Crippen LogP contribution in [0.1, 0.15) is 11.3 Å². The van der Waals surface area contributed by atoms with E-state index in [9.17, 15) is 0 Å². The van der Waals surface area contributed by atoms with Crippen LogP contribution in [0.15, 0.2) is 36.4 Å². The molecule has 100 valence electrons. The Kier molecular flexibility index (Phi) is 4.36. The second-order valence-electron chi connectivity index (χ2n) is 4.24. The third kappa shape index (κ3) is 3.45. The molecule has 0 radical (unpaired) electrons. The molecule has 0 amide bonds. The van der Waals surface area contributed by atoms with Crippen molar-refractivity contribution in [1.82, 2.24) is 10.3 Å². The average molecular weight is 258 g/mol. The maximum Gasteiger partial charge on any atom is 0.219 e. The second-order valence-corrected chi connectivity index (χ2v) is 4.24. The molecule has 0 spiro atoms. The molecule has 0 aliphatic carbocycles. The van der Waals surface area contributed by atoms with Crippen molar-refractivity contribution in [3.63, 3.8) is 0 Å². The van der Waals surface area contributed by atoms with Gasteiger partial charge in [0, 0.05) is 18.3 Å². The highest BCUT2D eigenvalue weighted by molar-refractivity contribution is 5.42. The summed E-state index contributed by atoms with van der Waals surface area (Å²) in [5.74, 6) is 1.94. The van der Waals surface area contributed by atoms with Crippen molar-refractivity contribution in [2.45, 2.75) is 13.5 Å². The largest absolute Gasteiger partial charge is 0.493 e. The monoisotopic (exact) mass is 258 g/mol. The zero-order valence-electron chi connectivity index (χ0n) is 11.4. The molecule has 0 unspecified atom stereocenters. The summed E-state index contributed by atoms with van der Waals surface area (Å²) in [6.07, 6.45) is 0. The lowest BCUT2D eigenvalue weighted by atomic mass is 10.2. The highest BCUT2D eigenvalue weighted by Crippen LogP contribution is 2.30. The Hall–Kier alpha value is -2.07. The van der Waals surface area contributed by atoms with Crippen molar-refractivity contribution < 1.29 is 9.47 Å². The van der Waals surface area contributed by atoms with Crippen LogP contribution >= 0.6 is 0 Å². The van der Waals surface area contributed by atoms with Gasteiger partial charge in [0.15, 0.2) is 11.5 Å². The van der Waals surface area contributed by atoms with Crippen LogP contribution in [0, 0.1) is 6.92 Å². The van der Waals surface area contributed by atoms with Crippen molar-refractivity contribution in [2.75, 3.05) is 14.2 Å². The molecule has 4 heteroatoms. The molecule has 1 aromatic carbocycles. The highest BCUT2D eigenvalue weighted by Gasteiger charge is 2.06. The summed E-state index contributed by atoms with van der Waals surface area (Å²) in [4.78, 5) is 4.38. The van der Waals surface area contributed by atoms with Crippen molar-refractivity contribution >= 4 is 0 Å². The molecule has 0 bridgehead atoms. The van der Waals surface area contributed by atoms with Crippen LogP contribution in [-0.4, -0.2) is 19.1 Å². The molecule has 4 nitrogen and oxygen atoms in total. The van der Waals surface area contributed by atoms with Crippen LogP contribution in [0.5, 0.6) is 17.4 Å². The van der Waals surface area contributed by atoms with Crippen LogP contribution in [0.25, 0.3) is 0 Å². The molecule has 0 saturated heterocycles. The summed E-state index contributed by atoms with van der Waals surface area (Å²) in [6, 6.07) is 11.5. The predicted molar refractivity (Wildman–Crippen MR) is 74.8 cm³/mol. The Bertz CT molecular complexity index is 556. The zero-order chi connectivity index (χ0) is 13.7. The molecule has 1 N–H and O–H groups in total. The Morgan fingerprint density at radius 1 is 1.16 bits per heavy atom. The summed E-state index contributed by atoms with van der Waals surface area (Å²) in [7, 11) is 3.54. The number of rotatable bonds is 5. The lowest BCUT2D eigenvalue weighted by Crippen LogP contribution is -2.06. The van der Waals surface area contributed by atoms with E-state index in [-0.39, 0.29) is 0 Å². The summed E-state index contributed by atoms with van der Waals surface area (Å²) in [5.41, 5.74) is 2.07. The molecule has 1 aromatic heterocycles. The van der Waals surface area contributed by atoms with Gasteiger partial charge in [-0.05, 0) is 37.7 Å². The predicted octanol–water partition coefficient (Wildman–Crippen LogP) is 2.91. The van der Waals surface area contributed by atoms with Gasteiger partial charge in [-0.1, -0.05) is 12.1 Å². The normalized spacial score (nSPS) is 10.3. The maximum absolute atomic E-state index is 5.80. The lowest BCUT2D eigenvalue weighted by molar-refractivity contribution is 0.373. The molecule has 19 heavy (non-hydrogen) atoms. The molecule has 2 rings (SSSR count). The molecule has 0 aliphatic rings. The topological polar surface area (TPSA) is 43.4 Å². The molecule has 2 aromatic rings. The first-order valence-electron chi connectivity index (χ1n) is 6.16. The van der Waals surface area contributed by atoms with Crippen molar-refractivity contribution in [2.24, 2.45) is 0 Å². The van der Waals surface area contributed by atoms with Crippen LogP contribution in [0.2, 0.25) is 0 Å². The van der Waals surface area contributed by atoms with Gasteiger partial charge in [-0.2, -0.15) is 0 Å². The number of methoxy groups -OCH3 is 1. The van der Waals surface area contributed by atoms with Gasteiger partial charge in [-0.25, -0.2) is 4.98 Å². The number of aromatic nitrogens is 1. The Morgan fingerprint density at radius 2 is 1.89 bits per heavy atom. The van der Waals surface area contributed by atoms with E-state index in [0.29, 0.717) is 17.4 Å². The first-order chi connectivity index (χ1) is 9.22. The molecule has 0 saturated carbocycles. The van der Waals surface area contributed by atoms with Gasteiger partial charge >= 0.3 is 0 Å². The molecule has 1 heterocycles. The summed E-state index contributed by atoms with van der Waals surface area (Å²) < 4.78 is 11.1. The second kappa shape index (κ2) is 6.20. The fraction of sp³-hybridized carbons (Fsp3) is 0.267. The van der Waals surface area contributed by atoms with E-state index in [4.69, 9.17) is 9.47 Å². The van der Waals surface area contributed by atoms with Crippen LogP contribution in [0.3, 0.4) is 0 Å². The van der Waals surface area contributed by atoms with Gasteiger partial charge in [0.05, 0.1) is 7.11 Å². The fourth-order valence-corrected chi connectivity index (χ4v) is 1.88. The van der Waals surface area contributed by atoms with Crippen molar-refractivity contribution in [3.8, 4) is 17.4 Å². The van der Waals surface area contributed by atoms with Gasteiger partial charge < -0.3 is 14.8 Å². The standard InChI is InChI=1S/C15H18N2O2/c1-11-8-12(10-16-2)9-15(17-11)19-14-7-5-4-6-13(14)18-3/h4-9,16H,10H2,1-3H3. The first-order valence-corrected chi connectivity index (χ1v) is 6.16. The van der Waals surface area contributed by atoms with Crippen LogP contribution < -0.4 is 14.8 Å². The molecular formula is C15H18N2O2. The van der Waals surface area contributed by atoms with Gasteiger partial charge in [-0.15, -0.1) is 0 Å². The number of aryl methyl sites for hydroxylation is 1. The fourth-order valence-electron chi connectivity index (χ4n) is 1.88. The van der Waals surface area contributed by atoms with E-state index >= 15 is 0 Å². The summed E-state index contributed by atoms with van der Waals surface area (Å²) >= 11 is 0. The molecule has 0 aliphatic heterocycles. The van der Waals surface area contributed by atoms with Gasteiger partial charge in [-0.3, -0.25) is 0 Å². The van der Waals surface area contributed by atoms with E-state index in [1.807, 2.05) is 50.4 Å².